The number of benzene rings is 3. The number of nitrogens with one attached hydrogen (secondary N) is 1. The van der Waals surface area contributed by atoms with Crippen LogP contribution in [0.4, 0.5) is 19.7 Å². The van der Waals surface area contributed by atoms with Crippen LogP contribution in [-0.2, 0) is 0 Å². The molecule has 8 heteroatoms. The van der Waals surface area contributed by atoms with Crippen molar-refractivity contribution in [1.29, 1.82) is 0 Å². The Balaban J connectivity index is 1.30. The van der Waals surface area contributed by atoms with Crippen LogP contribution in [0.25, 0.3) is 0 Å². The maximum atomic E-state index is 14.1. The van der Waals surface area contributed by atoms with Crippen molar-refractivity contribution < 1.29 is 13.6 Å². The maximum Gasteiger partial charge on any atom is 0.212 e. The number of hydrogen-bond acceptors (Lipinski definition) is 6. The van der Waals surface area contributed by atoms with Crippen molar-refractivity contribution >= 4 is 28.1 Å². The summed E-state index contributed by atoms with van der Waals surface area (Å²) in [7, 11) is 0. The second-order valence-corrected chi connectivity index (χ2v) is 9.18. The molecular weight excluding hydrogens is 454 g/mol. The summed E-state index contributed by atoms with van der Waals surface area (Å²) >= 11 is 1.01. The lowest BCUT2D eigenvalue weighted by Gasteiger charge is -2.45. The van der Waals surface area contributed by atoms with Crippen LogP contribution in [0.2, 0.25) is 0 Å². The lowest BCUT2D eigenvalue weighted by atomic mass is 9.93. The Bertz CT molecular complexity index is 1250. The van der Waals surface area contributed by atoms with Gasteiger partial charge in [-0.1, -0.05) is 78.1 Å². The highest BCUT2D eigenvalue weighted by Crippen LogP contribution is 2.35. The van der Waals surface area contributed by atoms with E-state index in [4.69, 9.17) is 5.73 Å². The van der Waals surface area contributed by atoms with Crippen molar-refractivity contribution in [1.82, 2.24) is 9.88 Å². The lowest BCUT2D eigenvalue weighted by molar-refractivity contribution is 0.103. The third-order valence-corrected chi connectivity index (χ3v) is 6.88. The van der Waals surface area contributed by atoms with E-state index in [0.29, 0.717) is 5.13 Å². The van der Waals surface area contributed by atoms with Gasteiger partial charge in [0.15, 0.2) is 5.13 Å². The number of likely N-dealkylation sites (tertiary alicyclic amines) is 1. The summed E-state index contributed by atoms with van der Waals surface area (Å²) in [6.45, 7) is 1.53. The molecular formula is C26H22F2N4OS. The zero-order valence-corrected chi connectivity index (χ0v) is 18.9. The standard InChI is InChI=1S/C26H22F2N4OS/c27-19-12-7-13-20(28)21(19)23(33)24-25(29)31-26(34-24)30-18-14-32(15-18)22(16-8-3-1-4-9-16)17-10-5-2-6-11-17/h1-13,18,22H,14-15,29H2,(H,30,31). The average molecular weight is 477 g/mol. The van der Waals surface area contributed by atoms with E-state index in [0.717, 1.165) is 36.6 Å². The first-order valence-electron chi connectivity index (χ1n) is 10.9. The molecule has 0 spiro atoms. The molecule has 0 aliphatic carbocycles. The average Bonchev–Trinajstić information content (AvgIpc) is 3.19. The molecule has 172 valence electrons. The first-order valence-corrected chi connectivity index (χ1v) is 11.7. The smallest absolute Gasteiger partial charge is 0.212 e. The summed E-state index contributed by atoms with van der Waals surface area (Å²) in [5, 5.41) is 3.77. The largest absolute Gasteiger partial charge is 0.382 e. The number of aromatic nitrogens is 1. The molecule has 2 heterocycles. The molecule has 0 saturated carbocycles. The van der Waals surface area contributed by atoms with Crippen LogP contribution in [0.15, 0.2) is 78.9 Å². The molecule has 0 atom stereocenters. The number of ketones is 1. The van der Waals surface area contributed by atoms with E-state index in [-0.39, 0.29) is 22.8 Å². The molecule has 0 bridgehead atoms. The van der Waals surface area contributed by atoms with Gasteiger partial charge in [-0.25, -0.2) is 13.8 Å². The number of halogens is 2. The van der Waals surface area contributed by atoms with Crippen LogP contribution in [0.1, 0.15) is 32.4 Å². The summed E-state index contributed by atoms with van der Waals surface area (Å²) in [4.78, 5) is 19.3. The fourth-order valence-corrected chi connectivity index (χ4v) is 5.17. The minimum absolute atomic E-state index is 0.0223. The van der Waals surface area contributed by atoms with Gasteiger partial charge in [-0.15, -0.1) is 0 Å². The van der Waals surface area contributed by atoms with Crippen molar-refractivity contribution in [3.05, 3.63) is 112 Å². The maximum absolute atomic E-state index is 14.1. The predicted octanol–water partition coefficient (Wildman–Crippen LogP) is 5.12. The Morgan fingerprint density at radius 1 is 0.941 bits per heavy atom. The van der Waals surface area contributed by atoms with Gasteiger partial charge in [-0.3, -0.25) is 9.69 Å². The Kier molecular flexibility index (Phi) is 6.08. The fraction of sp³-hybridized carbons (Fsp3) is 0.154. The molecule has 1 aromatic heterocycles. The second kappa shape index (κ2) is 9.32. The third-order valence-electron chi connectivity index (χ3n) is 5.88. The minimum Gasteiger partial charge on any atom is -0.382 e. The summed E-state index contributed by atoms with van der Waals surface area (Å²) < 4.78 is 28.1. The highest BCUT2D eigenvalue weighted by atomic mass is 32.1. The minimum atomic E-state index is -0.921. The van der Waals surface area contributed by atoms with Gasteiger partial charge in [-0.05, 0) is 23.3 Å². The Morgan fingerprint density at radius 3 is 2.06 bits per heavy atom. The summed E-state index contributed by atoms with van der Waals surface area (Å²) in [6, 6.07) is 24.2. The Morgan fingerprint density at radius 2 is 1.50 bits per heavy atom. The second-order valence-electron chi connectivity index (χ2n) is 8.18. The molecule has 1 fully saturated rings. The van der Waals surface area contributed by atoms with Crippen molar-refractivity contribution in [3.8, 4) is 0 Å². The number of nitrogens with zero attached hydrogens (tertiary/aromatic N) is 2. The summed E-state index contributed by atoms with van der Waals surface area (Å²) in [6.07, 6.45) is 0. The van der Waals surface area contributed by atoms with E-state index in [1.54, 1.807) is 0 Å². The molecule has 0 unspecified atom stereocenters. The molecule has 1 aliphatic rings. The van der Waals surface area contributed by atoms with Gasteiger partial charge < -0.3 is 11.1 Å². The van der Waals surface area contributed by atoms with Crippen LogP contribution < -0.4 is 11.1 Å². The summed E-state index contributed by atoms with van der Waals surface area (Å²) in [5.41, 5.74) is 7.73. The van der Waals surface area contributed by atoms with Gasteiger partial charge in [0.05, 0.1) is 17.6 Å². The van der Waals surface area contributed by atoms with E-state index in [2.05, 4.69) is 39.5 Å². The molecule has 1 aliphatic heterocycles. The quantitative estimate of drug-likeness (QED) is 0.362. The van der Waals surface area contributed by atoms with Crippen molar-refractivity contribution in [2.45, 2.75) is 12.1 Å². The molecule has 34 heavy (non-hydrogen) atoms. The molecule has 4 aromatic rings. The normalized spacial score (nSPS) is 14.2. The number of rotatable bonds is 7. The van der Waals surface area contributed by atoms with Crippen molar-refractivity contribution in [2.75, 3.05) is 24.1 Å². The zero-order valence-electron chi connectivity index (χ0n) is 18.1. The van der Waals surface area contributed by atoms with Gasteiger partial charge in [0, 0.05) is 13.1 Å². The lowest BCUT2D eigenvalue weighted by Crippen LogP contribution is -2.55. The molecule has 0 amide bonds. The number of nitrogens with two attached hydrogens (primary N) is 1. The summed E-state index contributed by atoms with van der Waals surface area (Å²) in [5.74, 6) is -2.69. The molecule has 0 radical (unpaired) electrons. The van der Waals surface area contributed by atoms with E-state index < -0.39 is 23.0 Å². The molecule has 1 saturated heterocycles. The number of anilines is 2. The fourth-order valence-electron chi connectivity index (χ4n) is 4.26. The molecule has 5 rings (SSSR count). The first-order chi connectivity index (χ1) is 16.5. The number of carbonyl (C=O) groups is 1. The van der Waals surface area contributed by atoms with Crippen molar-refractivity contribution in [3.63, 3.8) is 0 Å². The monoisotopic (exact) mass is 476 g/mol. The molecule has 3 aromatic carbocycles. The number of carbonyl (C=O) groups excluding carboxylic acids is 1. The van der Waals surface area contributed by atoms with E-state index in [1.807, 2.05) is 36.4 Å². The van der Waals surface area contributed by atoms with Crippen LogP contribution in [0, 0.1) is 11.6 Å². The molecule has 5 nitrogen and oxygen atoms in total. The van der Waals surface area contributed by atoms with Gasteiger partial charge in [-0.2, -0.15) is 0 Å². The van der Waals surface area contributed by atoms with Crippen LogP contribution in [0.3, 0.4) is 0 Å². The van der Waals surface area contributed by atoms with Gasteiger partial charge in [0.2, 0.25) is 5.78 Å². The highest BCUT2D eigenvalue weighted by molar-refractivity contribution is 7.18. The molecule has 3 N–H and O–H groups in total. The van der Waals surface area contributed by atoms with Crippen LogP contribution in [-0.4, -0.2) is 34.8 Å². The van der Waals surface area contributed by atoms with E-state index >= 15 is 0 Å². The zero-order chi connectivity index (χ0) is 23.7. The van der Waals surface area contributed by atoms with Crippen molar-refractivity contribution in [2.24, 2.45) is 0 Å². The Labute approximate surface area is 199 Å². The number of nitrogen functional groups attached to an aromatic ring is 1. The number of thiazole rings is 1. The van der Waals surface area contributed by atoms with Crippen LogP contribution >= 0.6 is 11.3 Å². The first kappa shape index (κ1) is 22.2. The Hall–Kier alpha value is -3.62. The SMILES string of the molecule is Nc1nc(NC2CN(C(c3ccccc3)c3ccccc3)C2)sc1C(=O)c1c(F)cccc1F. The van der Waals surface area contributed by atoms with Gasteiger partial charge in [0.25, 0.3) is 0 Å². The highest BCUT2D eigenvalue weighted by Gasteiger charge is 2.35. The van der Waals surface area contributed by atoms with Gasteiger partial charge >= 0.3 is 0 Å². The van der Waals surface area contributed by atoms with E-state index in [1.165, 1.54) is 17.2 Å². The predicted molar refractivity (Wildman–Crippen MR) is 130 cm³/mol. The van der Waals surface area contributed by atoms with Crippen LogP contribution in [0.5, 0.6) is 0 Å². The van der Waals surface area contributed by atoms with E-state index in [9.17, 15) is 13.6 Å². The van der Waals surface area contributed by atoms with Gasteiger partial charge in [0.1, 0.15) is 22.3 Å². The number of hydrogen-bond donors (Lipinski definition) is 2. The topological polar surface area (TPSA) is 71.2 Å². The third kappa shape index (κ3) is 4.30.